The van der Waals surface area contributed by atoms with Crippen molar-refractivity contribution in [3.63, 3.8) is 0 Å². The Balaban J connectivity index is 1.97. The number of hydrogen-bond donors (Lipinski definition) is 1. The first-order chi connectivity index (χ1) is 7.88. The van der Waals surface area contributed by atoms with Crippen molar-refractivity contribution in [3.05, 3.63) is 41.8 Å². The molecule has 0 saturated carbocycles. The van der Waals surface area contributed by atoms with Gasteiger partial charge in [0.05, 0.1) is 6.54 Å². The fraction of sp³-hybridized carbons (Fsp3) is 0.364. The van der Waals surface area contributed by atoms with Gasteiger partial charge in [-0.15, -0.1) is 0 Å². The van der Waals surface area contributed by atoms with Crippen LogP contribution in [0, 0.1) is 0 Å². The zero-order valence-corrected chi connectivity index (χ0v) is 9.18. The first kappa shape index (κ1) is 10.8. The Morgan fingerprint density at radius 2 is 2.38 bits per heavy atom. The van der Waals surface area contributed by atoms with E-state index in [0.29, 0.717) is 24.7 Å². The summed E-state index contributed by atoms with van der Waals surface area (Å²) in [4.78, 5) is 8.31. The van der Waals surface area contributed by atoms with E-state index in [1.54, 1.807) is 12.4 Å². The van der Waals surface area contributed by atoms with Gasteiger partial charge in [0.15, 0.2) is 5.82 Å². The maximum atomic E-state index is 5.09. The second-order valence-corrected chi connectivity index (χ2v) is 3.42. The van der Waals surface area contributed by atoms with Gasteiger partial charge in [-0.1, -0.05) is 18.1 Å². The molecule has 0 aliphatic heterocycles. The number of nitrogens with one attached hydrogen (secondary N) is 1. The van der Waals surface area contributed by atoms with E-state index in [1.165, 1.54) is 0 Å². The molecule has 16 heavy (non-hydrogen) atoms. The minimum absolute atomic E-state index is 0.622. The average molecular weight is 218 g/mol. The van der Waals surface area contributed by atoms with Crippen LogP contribution in [0.5, 0.6) is 0 Å². The molecule has 2 rings (SSSR count). The number of nitrogens with zero attached hydrogens (tertiary/aromatic N) is 3. The standard InChI is InChI=1S/C11H14N4O/c1-2-12-8-11-14-10(15-16-11)6-9-4-3-5-13-7-9/h3-5,7,12H,2,6,8H2,1H3. The lowest BCUT2D eigenvalue weighted by Gasteiger charge is -1.94. The summed E-state index contributed by atoms with van der Waals surface area (Å²) in [6.07, 6.45) is 4.21. The summed E-state index contributed by atoms with van der Waals surface area (Å²) in [7, 11) is 0. The second-order valence-electron chi connectivity index (χ2n) is 3.42. The lowest BCUT2D eigenvalue weighted by Crippen LogP contribution is -2.11. The van der Waals surface area contributed by atoms with E-state index in [2.05, 4.69) is 20.4 Å². The molecular formula is C11H14N4O. The van der Waals surface area contributed by atoms with E-state index in [9.17, 15) is 0 Å². The summed E-state index contributed by atoms with van der Waals surface area (Å²) in [5.41, 5.74) is 1.08. The van der Waals surface area contributed by atoms with E-state index >= 15 is 0 Å². The van der Waals surface area contributed by atoms with Gasteiger partial charge in [-0.05, 0) is 18.2 Å². The van der Waals surface area contributed by atoms with Gasteiger partial charge in [0.25, 0.3) is 0 Å². The van der Waals surface area contributed by atoms with Crippen LogP contribution in [0.4, 0.5) is 0 Å². The van der Waals surface area contributed by atoms with Crippen LogP contribution in [0.15, 0.2) is 29.0 Å². The van der Waals surface area contributed by atoms with Gasteiger partial charge in [-0.2, -0.15) is 4.98 Å². The highest BCUT2D eigenvalue weighted by Gasteiger charge is 2.06. The minimum atomic E-state index is 0.622. The lowest BCUT2D eigenvalue weighted by molar-refractivity contribution is 0.365. The third kappa shape index (κ3) is 2.87. The summed E-state index contributed by atoms with van der Waals surface area (Å²) in [5, 5.41) is 7.04. The number of pyridine rings is 1. The number of hydrogen-bond acceptors (Lipinski definition) is 5. The molecule has 0 aliphatic rings. The molecule has 0 fully saturated rings. The summed E-state index contributed by atoms with van der Waals surface area (Å²) >= 11 is 0. The second kappa shape index (κ2) is 5.37. The van der Waals surface area contributed by atoms with E-state index < -0.39 is 0 Å². The van der Waals surface area contributed by atoms with Crippen LogP contribution in [-0.4, -0.2) is 21.7 Å². The zero-order valence-electron chi connectivity index (χ0n) is 9.18. The van der Waals surface area contributed by atoms with Crippen molar-refractivity contribution in [1.82, 2.24) is 20.4 Å². The van der Waals surface area contributed by atoms with Gasteiger partial charge in [-0.25, -0.2) is 0 Å². The maximum absolute atomic E-state index is 5.09. The van der Waals surface area contributed by atoms with Crippen molar-refractivity contribution < 1.29 is 4.52 Å². The van der Waals surface area contributed by atoms with Crippen LogP contribution < -0.4 is 5.32 Å². The number of rotatable bonds is 5. The van der Waals surface area contributed by atoms with Crippen LogP contribution in [0.3, 0.4) is 0 Å². The Kier molecular flexibility index (Phi) is 3.61. The van der Waals surface area contributed by atoms with Crippen molar-refractivity contribution in [1.29, 1.82) is 0 Å². The van der Waals surface area contributed by atoms with Gasteiger partial charge < -0.3 is 9.84 Å². The normalized spacial score (nSPS) is 10.6. The highest BCUT2D eigenvalue weighted by molar-refractivity contribution is 5.13. The molecule has 0 aliphatic carbocycles. The Bertz CT molecular complexity index is 427. The van der Waals surface area contributed by atoms with Gasteiger partial charge in [0, 0.05) is 18.8 Å². The molecule has 0 atom stereocenters. The molecule has 2 aromatic heterocycles. The van der Waals surface area contributed by atoms with Crippen molar-refractivity contribution in [2.24, 2.45) is 0 Å². The van der Waals surface area contributed by atoms with Crippen LogP contribution >= 0.6 is 0 Å². The summed E-state index contributed by atoms with van der Waals surface area (Å²) < 4.78 is 5.09. The van der Waals surface area contributed by atoms with E-state index in [4.69, 9.17) is 4.52 Å². The monoisotopic (exact) mass is 218 g/mol. The topological polar surface area (TPSA) is 63.8 Å². The first-order valence-electron chi connectivity index (χ1n) is 5.29. The molecule has 0 saturated heterocycles. The molecule has 1 N–H and O–H groups in total. The highest BCUT2D eigenvalue weighted by Crippen LogP contribution is 2.05. The third-order valence-electron chi connectivity index (χ3n) is 2.12. The number of aromatic nitrogens is 3. The molecule has 84 valence electrons. The molecule has 2 aromatic rings. The average Bonchev–Trinajstić information content (AvgIpc) is 2.75. The predicted molar refractivity (Wildman–Crippen MR) is 58.7 cm³/mol. The molecule has 5 heteroatoms. The van der Waals surface area contributed by atoms with Crippen LogP contribution in [0.2, 0.25) is 0 Å². The van der Waals surface area contributed by atoms with E-state index in [-0.39, 0.29) is 0 Å². The molecule has 0 bridgehead atoms. The smallest absolute Gasteiger partial charge is 0.240 e. The molecule has 2 heterocycles. The molecule has 0 unspecified atom stereocenters. The summed E-state index contributed by atoms with van der Waals surface area (Å²) in [5.74, 6) is 1.32. The largest absolute Gasteiger partial charge is 0.338 e. The fourth-order valence-electron chi connectivity index (χ4n) is 1.35. The van der Waals surface area contributed by atoms with Crippen molar-refractivity contribution in [2.75, 3.05) is 6.54 Å². The Hall–Kier alpha value is -1.75. The maximum Gasteiger partial charge on any atom is 0.240 e. The van der Waals surface area contributed by atoms with Gasteiger partial charge in [0.2, 0.25) is 5.89 Å². The molecule has 0 radical (unpaired) electrons. The third-order valence-corrected chi connectivity index (χ3v) is 2.12. The van der Waals surface area contributed by atoms with Crippen molar-refractivity contribution >= 4 is 0 Å². The first-order valence-corrected chi connectivity index (χ1v) is 5.29. The highest BCUT2D eigenvalue weighted by atomic mass is 16.5. The van der Waals surface area contributed by atoms with Gasteiger partial charge >= 0.3 is 0 Å². The van der Waals surface area contributed by atoms with Gasteiger partial charge in [0.1, 0.15) is 0 Å². The van der Waals surface area contributed by atoms with Crippen LogP contribution in [0.25, 0.3) is 0 Å². The Labute approximate surface area is 93.9 Å². The quantitative estimate of drug-likeness (QED) is 0.816. The SMILES string of the molecule is CCNCc1nc(Cc2cccnc2)no1. The van der Waals surface area contributed by atoms with Crippen molar-refractivity contribution in [2.45, 2.75) is 19.9 Å². The summed E-state index contributed by atoms with van der Waals surface area (Å²) in [6.45, 7) is 3.55. The molecular weight excluding hydrogens is 204 g/mol. The summed E-state index contributed by atoms with van der Waals surface area (Å²) in [6, 6.07) is 3.89. The van der Waals surface area contributed by atoms with Crippen LogP contribution in [-0.2, 0) is 13.0 Å². The fourth-order valence-corrected chi connectivity index (χ4v) is 1.35. The minimum Gasteiger partial charge on any atom is -0.338 e. The van der Waals surface area contributed by atoms with E-state index in [0.717, 1.165) is 12.1 Å². The lowest BCUT2D eigenvalue weighted by atomic mass is 10.2. The molecule has 0 aromatic carbocycles. The molecule has 5 nitrogen and oxygen atoms in total. The van der Waals surface area contributed by atoms with Crippen LogP contribution in [0.1, 0.15) is 24.2 Å². The zero-order chi connectivity index (χ0) is 11.2. The molecule has 0 amide bonds. The molecule has 0 spiro atoms. The van der Waals surface area contributed by atoms with Gasteiger partial charge in [-0.3, -0.25) is 4.98 Å². The van der Waals surface area contributed by atoms with E-state index in [1.807, 2.05) is 19.1 Å². The Morgan fingerprint density at radius 3 is 3.12 bits per heavy atom. The predicted octanol–water partition coefficient (Wildman–Crippen LogP) is 1.16. The Morgan fingerprint density at radius 1 is 1.44 bits per heavy atom. The van der Waals surface area contributed by atoms with Crippen molar-refractivity contribution in [3.8, 4) is 0 Å².